The van der Waals surface area contributed by atoms with Gasteiger partial charge in [0.1, 0.15) is 5.84 Å². The zero-order chi connectivity index (χ0) is 10.3. The van der Waals surface area contributed by atoms with Gasteiger partial charge in [0.25, 0.3) is 0 Å². The maximum Gasteiger partial charge on any atom is 0.233 e. The number of carbonyl (C=O) groups is 1. The number of allylic oxidation sites excluding steroid dienone is 1. The zero-order valence-electron chi connectivity index (χ0n) is 8.85. The second-order valence-electron chi connectivity index (χ2n) is 4.61. The first-order chi connectivity index (χ1) is 7.36. The van der Waals surface area contributed by atoms with Crippen molar-refractivity contribution in [2.75, 3.05) is 6.54 Å². The van der Waals surface area contributed by atoms with E-state index in [9.17, 15) is 4.79 Å². The fourth-order valence-electron chi connectivity index (χ4n) is 2.79. The molecule has 1 saturated heterocycles. The van der Waals surface area contributed by atoms with Gasteiger partial charge in [-0.2, -0.15) is 0 Å². The third-order valence-corrected chi connectivity index (χ3v) is 3.64. The van der Waals surface area contributed by atoms with Gasteiger partial charge in [-0.05, 0) is 25.7 Å². The lowest BCUT2D eigenvalue weighted by Gasteiger charge is -2.39. The van der Waals surface area contributed by atoms with Gasteiger partial charge in [0, 0.05) is 13.0 Å². The lowest BCUT2D eigenvalue weighted by Crippen LogP contribution is -2.51. The number of hydrogen-bond donors (Lipinski definition) is 0. The Morgan fingerprint density at radius 2 is 2.13 bits per heavy atom. The second kappa shape index (κ2) is 3.47. The van der Waals surface area contributed by atoms with Crippen molar-refractivity contribution in [3.63, 3.8) is 0 Å². The summed E-state index contributed by atoms with van der Waals surface area (Å²) in [4.78, 5) is 18.9. The quantitative estimate of drug-likeness (QED) is 0.553. The van der Waals surface area contributed by atoms with Crippen LogP contribution in [-0.4, -0.2) is 29.2 Å². The van der Waals surface area contributed by atoms with Crippen molar-refractivity contribution in [1.82, 2.24) is 4.90 Å². The SMILES string of the molecule is O=C1[C@H]2CC=CC[C@@H]2N=C2CCCCN12. The zero-order valence-corrected chi connectivity index (χ0v) is 8.85. The van der Waals surface area contributed by atoms with Gasteiger partial charge in [-0.3, -0.25) is 9.79 Å². The number of rotatable bonds is 0. The van der Waals surface area contributed by atoms with Crippen molar-refractivity contribution < 1.29 is 4.79 Å². The molecule has 0 aromatic heterocycles. The molecule has 2 aliphatic heterocycles. The molecule has 1 aliphatic carbocycles. The van der Waals surface area contributed by atoms with E-state index in [1.54, 1.807) is 0 Å². The predicted octanol–water partition coefficient (Wildman–Crippen LogP) is 1.75. The van der Waals surface area contributed by atoms with E-state index < -0.39 is 0 Å². The van der Waals surface area contributed by atoms with Crippen LogP contribution in [0.15, 0.2) is 17.1 Å². The van der Waals surface area contributed by atoms with E-state index in [1.807, 2.05) is 4.90 Å². The summed E-state index contributed by atoms with van der Waals surface area (Å²) >= 11 is 0. The molecule has 15 heavy (non-hydrogen) atoms. The predicted molar refractivity (Wildman–Crippen MR) is 58.7 cm³/mol. The minimum absolute atomic E-state index is 0.136. The Kier molecular flexibility index (Phi) is 2.11. The summed E-state index contributed by atoms with van der Waals surface area (Å²) < 4.78 is 0. The van der Waals surface area contributed by atoms with Crippen molar-refractivity contribution in [1.29, 1.82) is 0 Å². The van der Waals surface area contributed by atoms with Crippen LogP contribution in [0.5, 0.6) is 0 Å². The number of carbonyl (C=O) groups excluding carboxylic acids is 1. The number of aliphatic imine (C=N–C) groups is 1. The van der Waals surface area contributed by atoms with E-state index in [0.29, 0.717) is 5.91 Å². The van der Waals surface area contributed by atoms with Crippen LogP contribution in [0.25, 0.3) is 0 Å². The number of piperidine rings is 1. The first-order valence-corrected chi connectivity index (χ1v) is 5.89. The molecule has 0 spiro atoms. The Balaban J connectivity index is 1.94. The lowest BCUT2D eigenvalue weighted by molar-refractivity contribution is -0.133. The van der Waals surface area contributed by atoms with Crippen LogP contribution in [0.1, 0.15) is 32.1 Å². The maximum atomic E-state index is 12.2. The van der Waals surface area contributed by atoms with E-state index in [4.69, 9.17) is 4.99 Å². The highest BCUT2D eigenvalue weighted by Gasteiger charge is 2.38. The maximum absolute atomic E-state index is 12.2. The van der Waals surface area contributed by atoms with Crippen molar-refractivity contribution in [3.8, 4) is 0 Å². The van der Waals surface area contributed by atoms with Crippen LogP contribution < -0.4 is 0 Å². The number of hydrogen-bond acceptors (Lipinski definition) is 2. The molecule has 3 rings (SSSR count). The van der Waals surface area contributed by atoms with Crippen LogP contribution in [0, 0.1) is 5.92 Å². The third kappa shape index (κ3) is 1.41. The fraction of sp³-hybridized carbons (Fsp3) is 0.667. The summed E-state index contributed by atoms with van der Waals surface area (Å²) in [5, 5.41) is 0. The smallest absolute Gasteiger partial charge is 0.233 e. The average molecular weight is 204 g/mol. The lowest BCUT2D eigenvalue weighted by atomic mass is 9.86. The van der Waals surface area contributed by atoms with E-state index in [2.05, 4.69) is 12.2 Å². The Bertz CT molecular complexity index is 346. The summed E-state index contributed by atoms with van der Waals surface area (Å²) in [5.74, 6) is 1.52. The molecule has 0 bridgehead atoms. The van der Waals surface area contributed by atoms with Gasteiger partial charge in [0.05, 0.1) is 12.0 Å². The number of fused-ring (bicyclic) bond motifs is 2. The van der Waals surface area contributed by atoms with Gasteiger partial charge in [0.15, 0.2) is 0 Å². The van der Waals surface area contributed by atoms with Crippen molar-refractivity contribution in [2.24, 2.45) is 10.9 Å². The van der Waals surface area contributed by atoms with E-state index in [-0.39, 0.29) is 12.0 Å². The second-order valence-corrected chi connectivity index (χ2v) is 4.61. The summed E-state index contributed by atoms with van der Waals surface area (Å²) in [6.45, 7) is 0.893. The Labute approximate surface area is 89.9 Å². The first kappa shape index (κ1) is 9.13. The van der Waals surface area contributed by atoms with E-state index in [1.165, 1.54) is 6.42 Å². The largest absolute Gasteiger partial charge is 0.300 e. The third-order valence-electron chi connectivity index (χ3n) is 3.64. The van der Waals surface area contributed by atoms with E-state index >= 15 is 0 Å². The molecular formula is C12H16N2O. The molecule has 3 aliphatic rings. The first-order valence-electron chi connectivity index (χ1n) is 5.89. The van der Waals surface area contributed by atoms with Crippen LogP contribution in [-0.2, 0) is 4.79 Å². The molecule has 3 nitrogen and oxygen atoms in total. The highest BCUT2D eigenvalue weighted by Crippen LogP contribution is 2.30. The van der Waals surface area contributed by atoms with Gasteiger partial charge in [-0.15, -0.1) is 0 Å². The highest BCUT2D eigenvalue weighted by atomic mass is 16.2. The fourth-order valence-corrected chi connectivity index (χ4v) is 2.79. The monoisotopic (exact) mass is 204 g/mol. The molecule has 3 heteroatoms. The number of amides is 1. The van der Waals surface area contributed by atoms with E-state index in [0.717, 1.165) is 38.1 Å². The van der Waals surface area contributed by atoms with Gasteiger partial charge < -0.3 is 4.90 Å². The Morgan fingerprint density at radius 1 is 1.27 bits per heavy atom. The van der Waals surface area contributed by atoms with Crippen molar-refractivity contribution >= 4 is 11.7 Å². The summed E-state index contributed by atoms with van der Waals surface area (Å²) in [7, 11) is 0. The van der Waals surface area contributed by atoms with Crippen LogP contribution in [0.4, 0.5) is 0 Å². The summed E-state index contributed by atoms with van der Waals surface area (Å²) in [5.41, 5.74) is 0. The van der Waals surface area contributed by atoms with Crippen molar-refractivity contribution in [3.05, 3.63) is 12.2 Å². The molecule has 0 saturated carbocycles. The number of nitrogens with zero attached hydrogens (tertiary/aromatic N) is 2. The Morgan fingerprint density at radius 3 is 3.07 bits per heavy atom. The minimum Gasteiger partial charge on any atom is -0.300 e. The molecule has 0 radical (unpaired) electrons. The van der Waals surface area contributed by atoms with Gasteiger partial charge in [0.2, 0.25) is 5.91 Å². The molecule has 2 atom stereocenters. The van der Waals surface area contributed by atoms with Crippen LogP contribution >= 0.6 is 0 Å². The van der Waals surface area contributed by atoms with Gasteiger partial charge >= 0.3 is 0 Å². The molecule has 0 unspecified atom stereocenters. The topological polar surface area (TPSA) is 32.7 Å². The molecule has 0 N–H and O–H groups in total. The Hall–Kier alpha value is -1.12. The molecule has 80 valence electrons. The minimum atomic E-state index is 0.136. The number of amidine groups is 1. The summed E-state index contributed by atoms with van der Waals surface area (Å²) in [6.07, 6.45) is 9.46. The average Bonchev–Trinajstić information content (AvgIpc) is 2.30. The molecular weight excluding hydrogens is 188 g/mol. The van der Waals surface area contributed by atoms with Crippen molar-refractivity contribution in [2.45, 2.75) is 38.1 Å². The normalized spacial score (nSPS) is 34.5. The van der Waals surface area contributed by atoms with Gasteiger partial charge in [-0.1, -0.05) is 12.2 Å². The molecule has 0 aromatic carbocycles. The summed E-state index contributed by atoms with van der Waals surface area (Å²) in [6, 6.07) is 0.242. The molecule has 2 heterocycles. The van der Waals surface area contributed by atoms with Crippen LogP contribution in [0.2, 0.25) is 0 Å². The highest BCUT2D eigenvalue weighted by molar-refractivity contribution is 6.02. The standard InChI is InChI=1S/C12H16N2O/c15-12-9-5-1-2-6-10(9)13-11-7-3-4-8-14(11)12/h1-2,9-10H,3-8H2/t9-,10-/m0/s1. The van der Waals surface area contributed by atoms with Gasteiger partial charge in [-0.25, -0.2) is 0 Å². The van der Waals surface area contributed by atoms with Crippen LogP contribution in [0.3, 0.4) is 0 Å². The molecule has 0 aromatic rings. The molecule has 1 fully saturated rings. The molecule has 1 amide bonds.